The molecule has 3 aromatic rings. The Labute approximate surface area is 137 Å². The molecule has 120 valence electrons. The van der Waals surface area contributed by atoms with E-state index in [0.717, 1.165) is 22.5 Å². The number of Topliss-reactive ketones (excluding diaryl/α,β-unsaturated/α-hetero) is 1. The molecule has 0 spiro atoms. The van der Waals surface area contributed by atoms with Gasteiger partial charge >= 0.3 is 0 Å². The molecule has 1 aliphatic heterocycles. The molecule has 0 unspecified atom stereocenters. The minimum atomic E-state index is -0.436. The number of aromatic hydroxyl groups is 2. The van der Waals surface area contributed by atoms with Crippen molar-refractivity contribution in [2.24, 2.45) is 7.05 Å². The Morgan fingerprint density at radius 2 is 2.04 bits per heavy atom. The van der Waals surface area contributed by atoms with E-state index in [1.807, 2.05) is 29.9 Å². The standard InChI is InChI=1S/C18H14N2O4/c1-20-8-9(16-11(19)3-2-4-12(16)20)5-15-18(23)17-13(22)6-10(21)7-14(17)24-15/h2-8,21-22H,19H2,1H3. The highest BCUT2D eigenvalue weighted by Crippen LogP contribution is 2.41. The Hall–Kier alpha value is -3.41. The fourth-order valence-electron chi connectivity index (χ4n) is 3.04. The van der Waals surface area contributed by atoms with Crippen LogP contribution in [0.3, 0.4) is 0 Å². The topological polar surface area (TPSA) is 97.7 Å². The Balaban J connectivity index is 1.87. The van der Waals surface area contributed by atoms with Gasteiger partial charge in [-0.3, -0.25) is 4.79 Å². The second-order valence-corrected chi connectivity index (χ2v) is 5.71. The van der Waals surface area contributed by atoms with E-state index < -0.39 is 5.78 Å². The summed E-state index contributed by atoms with van der Waals surface area (Å²) in [5.74, 6) is -0.710. The van der Waals surface area contributed by atoms with Crippen LogP contribution in [0.4, 0.5) is 5.69 Å². The van der Waals surface area contributed by atoms with Gasteiger partial charge in [0.15, 0.2) is 5.76 Å². The van der Waals surface area contributed by atoms with E-state index in [9.17, 15) is 15.0 Å². The van der Waals surface area contributed by atoms with Gasteiger partial charge in [0.2, 0.25) is 5.78 Å². The van der Waals surface area contributed by atoms with Crippen LogP contribution in [0, 0.1) is 0 Å². The SMILES string of the molecule is Cn1cc(C=C2Oc3cc(O)cc(O)c3C2=O)c2c(N)cccc21. The second-order valence-electron chi connectivity index (χ2n) is 5.71. The Bertz CT molecular complexity index is 1050. The van der Waals surface area contributed by atoms with Gasteiger partial charge in [-0.1, -0.05) is 6.07 Å². The maximum absolute atomic E-state index is 12.5. The lowest BCUT2D eigenvalue weighted by molar-refractivity contribution is 0.101. The van der Waals surface area contributed by atoms with Crippen LogP contribution < -0.4 is 10.5 Å². The molecule has 0 bridgehead atoms. The lowest BCUT2D eigenvalue weighted by Gasteiger charge is -2.00. The van der Waals surface area contributed by atoms with Crippen molar-refractivity contribution in [2.75, 3.05) is 5.73 Å². The molecule has 4 rings (SSSR count). The van der Waals surface area contributed by atoms with E-state index in [0.29, 0.717) is 5.69 Å². The number of benzene rings is 2. The Morgan fingerprint density at radius 3 is 2.83 bits per heavy atom. The van der Waals surface area contributed by atoms with Crippen LogP contribution in [0.15, 0.2) is 42.3 Å². The smallest absolute Gasteiger partial charge is 0.235 e. The van der Waals surface area contributed by atoms with E-state index in [1.54, 1.807) is 12.1 Å². The van der Waals surface area contributed by atoms with E-state index in [2.05, 4.69) is 0 Å². The number of ether oxygens (including phenoxy) is 1. The number of phenolic OH excluding ortho intramolecular Hbond substituents is 2. The molecular formula is C18H14N2O4. The summed E-state index contributed by atoms with van der Waals surface area (Å²) >= 11 is 0. The van der Waals surface area contributed by atoms with Gasteiger partial charge in [-0.25, -0.2) is 0 Å². The third-order valence-corrected chi connectivity index (χ3v) is 4.10. The highest BCUT2D eigenvalue weighted by Gasteiger charge is 2.31. The highest BCUT2D eigenvalue weighted by molar-refractivity contribution is 6.17. The van der Waals surface area contributed by atoms with E-state index in [1.165, 1.54) is 6.07 Å². The summed E-state index contributed by atoms with van der Waals surface area (Å²) in [6.07, 6.45) is 3.45. The van der Waals surface area contributed by atoms with E-state index >= 15 is 0 Å². The molecular weight excluding hydrogens is 308 g/mol. The van der Waals surface area contributed by atoms with Gasteiger partial charge in [-0.2, -0.15) is 0 Å². The summed E-state index contributed by atoms with van der Waals surface area (Å²) in [4.78, 5) is 12.5. The van der Waals surface area contributed by atoms with Gasteiger partial charge in [0, 0.05) is 42.0 Å². The lowest BCUT2D eigenvalue weighted by atomic mass is 10.1. The molecule has 2 aromatic carbocycles. The zero-order valence-corrected chi connectivity index (χ0v) is 12.8. The molecule has 0 amide bonds. The number of ketones is 1. The number of hydrogen-bond acceptors (Lipinski definition) is 5. The summed E-state index contributed by atoms with van der Waals surface area (Å²) in [7, 11) is 1.89. The third kappa shape index (κ3) is 1.93. The molecule has 4 N–H and O–H groups in total. The first-order valence-electron chi connectivity index (χ1n) is 7.29. The first-order chi connectivity index (χ1) is 11.5. The number of carbonyl (C=O) groups is 1. The number of nitrogen functional groups attached to an aromatic ring is 1. The predicted octanol–water partition coefficient (Wildman–Crippen LogP) is 2.79. The van der Waals surface area contributed by atoms with Crippen molar-refractivity contribution in [1.29, 1.82) is 0 Å². The molecule has 6 nitrogen and oxygen atoms in total. The average Bonchev–Trinajstić information content (AvgIpc) is 2.99. The number of carbonyl (C=O) groups excluding carboxylic acids is 1. The summed E-state index contributed by atoms with van der Waals surface area (Å²) in [5.41, 5.74) is 8.39. The number of fused-ring (bicyclic) bond motifs is 2. The van der Waals surface area contributed by atoms with Crippen molar-refractivity contribution < 1.29 is 19.7 Å². The van der Waals surface area contributed by atoms with E-state index in [4.69, 9.17) is 10.5 Å². The number of allylic oxidation sites excluding steroid dienone is 1. The van der Waals surface area contributed by atoms with Crippen LogP contribution in [0.1, 0.15) is 15.9 Å². The van der Waals surface area contributed by atoms with Gasteiger partial charge in [-0.05, 0) is 18.2 Å². The number of hydrogen-bond donors (Lipinski definition) is 3. The third-order valence-electron chi connectivity index (χ3n) is 4.10. The number of rotatable bonds is 1. The van der Waals surface area contributed by atoms with Crippen molar-refractivity contribution in [3.63, 3.8) is 0 Å². The van der Waals surface area contributed by atoms with Crippen LogP contribution in [0.2, 0.25) is 0 Å². The van der Waals surface area contributed by atoms with Crippen molar-refractivity contribution in [3.05, 3.63) is 53.4 Å². The number of phenols is 2. The minimum Gasteiger partial charge on any atom is -0.508 e. The molecule has 0 saturated carbocycles. The number of aromatic nitrogens is 1. The van der Waals surface area contributed by atoms with Gasteiger partial charge in [-0.15, -0.1) is 0 Å². The summed E-state index contributed by atoms with van der Waals surface area (Å²) in [6.45, 7) is 0. The highest BCUT2D eigenvalue weighted by atomic mass is 16.5. The molecule has 1 aromatic heterocycles. The number of anilines is 1. The summed E-state index contributed by atoms with van der Waals surface area (Å²) in [5, 5.41) is 20.2. The van der Waals surface area contributed by atoms with Crippen LogP contribution in [0.5, 0.6) is 17.2 Å². The van der Waals surface area contributed by atoms with Gasteiger partial charge in [0.25, 0.3) is 0 Å². The van der Waals surface area contributed by atoms with E-state index in [-0.39, 0.29) is 28.6 Å². The average molecular weight is 322 g/mol. The summed E-state index contributed by atoms with van der Waals surface area (Å²) in [6, 6.07) is 8.00. The molecule has 24 heavy (non-hydrogen) atoms. The zero-order valence-electron chi connectivity index (χ0n) is 12.8. The number of nitrogens with zero attached hydrogens (tertiary/aromatic N) is 1. The molecule has 6 heteroatoms. The fraction of sp³-hybridized carbons (Fsp3) is 0.0556. The lowest BCUT2D eigenvalue weighted by Crippen LogP contribution is -1.98. The molecule has 0 saturated heterocycles. The first-order valence-corrected chi connectivity index (χ1v) is 7.29. The zero-order chi connectivity index (χ0) is 17.0. The van der Waals surface area contributed by atoms with Crippen LogP contribution in [-0.4, -0.2) is 20.6 Å². The maximum atomic E-state index is 12.5. The molecule has 0 aliphatic carbocycles. The minimum absolute atomic E-state index is 0.0484. The Morgan fingerprint density at radius 1 is 1.25 bits per heavy atom. The predicted molar refractivity (Wildman–Crippen MR) is 90.0 cm³/mol. The van der Waals surface area contributed by atoms with Crippen LogP contribution in [0.25, 0.3) is 17.0 Å². The fourth-order valence-corrected chi connectivity index (χ4v) is 3.04. The molecule has 0 radical (unpaired) electrons. The van der Waals surface area contributed by atoms with Crippen molar-refractivity contribution in [3.8, 4) is 17.2 Å². The number of nitrogens with two attached hydrogens (primary N) is 1. The Kier molecular flexibility index (Phi) is 2.83. The van der Waals surface area contributed by atoms with Crippen molar-refractivity contribution in [1.82, 2.24) is 4.57 Å². The molecule has 2 heterocycles. The molecule has 1 aliphatic rings. The monoisotopic (exact) mass is 322 g/mol. The normalized spacial score (nSPS) is 15.0. The van der Waals surface area contributed by atoms with Gasteiger partial charge < -0.3 is 25.3 Å². The van der Waals surface area contributed by atoms with Gasteiger partial charge in [0.05, 0.1) is 5.52 Å². The second kappa shape index (κ2) is 4.79. The maximum Gasteiger partial charge on any atom is 0.235 e. The van der Waals surface area contributed by atoms with Crippen LogP contribution >= 0.6 is 0 Å². The quantitative estimate of drug-likeness (QED) is 0.473. The van der Waals surface area contributed by atoms with Gasteiger partial charge in [0.1, 0.15) is 22.8 Å². The van der Waals surface area contributed by atoms with Crippen LogP contribution in [-0.2, 0) is 7.05 Å². The molecule has 0 atom stereocenters. The first kappa shape index (κ1) is 14.2. The number of aryl methyl sites for hydroxylation is 1. The van der Waals surface area contributed by atoms with Crippen molar-refractivity contribution in [2.45, 2.75) is 0 Å². The molecule has 0 fully saturated rings. The summed E-state index contributed by atoms with van der Waals surface area (Å²) < 4.78 is 7.44. The largest absolute Gasteiger partial charge is 0.508 e. The van der Waals surface area contributed by atoms with Crippen molar-refractivity contribution >= 4 is 28.4 Å².